The van der Waals surface area contributed by atoms with E-state index in [0.717, 1.165) is 17.0 Å². The van der Waals surface area contributed by atoms with E-state index in [1.165, 1.54) is 0 Å². The molecule has 25 heavy (non-hydrogen) atoms. The van der Waals surface area contributed by atoms with Gasteiger partial charge in [-0.3, -0.25) is 4.79 Å². The molecule has 4 bridgehead atoms. The maximum atomic E-state index is 12.0. The summed E-state index contributed by atoms with van der Waals surface area (Å²) in [6.07, 6.45) is 3.51. The molecule has 0 saturated heterocycles. The summed E-state index contributed by atoms with van der Waals surface area (Å²) in [6, 6.07) is 15.2. The maximum absolute atomic E-state index is 12.0. The molecule has 0 saturated carbocycles. The Morgan fingerprint density at radius 3 is 2.80 bits per heavy atom. The highest BCUT2D eigenvalue weighted by Gasteiger charge is 2.09. The summed E-state index contributed by atoms with van der Waals surface area (Å²) in [5.41, 5.74) is 2.67. The van der Waals surface area contributed by atoms with Gasteiger partial charge in [-0.05, 0) is 29.8 Å². The molecule has 2 aromatic carbocycles. The van der Waals surface area contributed by atoms with Crippen molar-refractivity contribution < 1.29 is 14.3 Å². The number of hydrogen-bond acceptors (Lipinski definition) is 4. The average Bonchev–Trinajstić information content (AvgIpc) is 3.02. The molecule has 6 nitrogen and oxygen atoms in total. The zero-order valence-electron chi connectivity index (χ0n) is 13.5. The van der Waals surface area contributed by atoms with Crippen molar-refractivity contribution in [1.29, 1.82) is 0 Å². The molecule has 0 spiro atoms. The summed E-state index contributed by atoms with van der Waals surface area (Å²) in [6.45, 7) is 0.954. The predicted octanol–water partition coefficient (Wildman–Crippen LogP) is 3.19. The normalized spacial score (nSPS) is 14.5. The van der Waals surface area contributed by atoms with Gasteiger partial charge in [-0.25, -0.2) is 4.98 Å². The number of carbonyl (C=O) groups is 1. The van der Waals surface area contributed by atoms with Gasteiger partial charge in [0, 0.05) is 18.3 Å². The molecule has 0 fully saturated rings. The molecule has 1 aromatic heterocycles. The Labute approximate surface area is 145 Å². The monoisotopic (exact) mass is 335 g/mol. The number of nitrogens with one attached hydrogen (secondary N) is 1. The van der Waals surface area contributed by atoms with Gasteiger partial charge in [0.2, 0.25) is 5.91 Å². The Morgan fingerprint density at radius 1 is 1.04 bits per heavy atom. The van der Waals surface area contributed by atoms with E-state index < -0.39 is 0 Å². The average molecular weight is 335 g/mol. The van der Waals surface area contributed by atoms with E-state index in [1.54, 1.807) is 18.6 Å². The van der Waals surface area contributed by atoms with Crippen molar-refractivity contribution in [2.45, 2.75) is 13.2 Å². The van der Waals surface area contributed by atoms with Crippen LogP contribution in [-0.2, 0) is 22.7 Å². The highest BCUT2D eigenvalue weighted by Crippen LogP contribution is 2.25. The van der Waals surface area contributed by atoms with Crippen LogP contribution in [0.2, 0.25) is 0 Å². The minimum atomic E-state index is -0.210. The number of hydrogen-bond donors (Lipinski definition) is 1. The van der Waals surface area contributed by atoms with Crippen LogP contribution < -0.4 is 10.1 Å². The second kappa shape index (κ2) is 6.78. The molecule has 4 rings (SSSR count). The van der Waals surface area contributed by atoms with Gasteiger partial charge in [-0.15, -0.1) is 0 Å². The second-order valence-corrected chi connectivity index (χ2v) is 5.83. The maximum Gasteiger partial charge on any atom is 0.250 e. The number of anilines is 1. The molecule has 2 heterocycles. The van der Waals surface area contributed by atoms with Crippen molar-refractivity contribution in [3.8, 4) is 11.5 Å². The first-order valence-electron chi connectivity index (χ1n) is 8.00. The highest BCUT2D eigenvalue weighted by atomic mass is 16.5. The van der Waals surface area contributed by atoms with Gasteiger partial charge in [0.1, 0.15) is 18.1 Å². The van der Waals surface area contributed by atoms with Crippen molar-refractivity contribution in [2.75, 3.05) is 11.9 Å². The quantitative estimate of drug-likeness (QED) is 0.685. The van der Waals surface area contributed by atoms with Crippen LogP contribution in [0.1, 0.15) is 11.3 Å². The van der Waals surface area contributed by atoms with Gasteiger partial charge in [0.05, 0.1) is 24.8 Å². The number of fused-ring (bicyclic) bond motifs is 5. The molecule has 0 unspecified atom stereocenters. The van der Waals surface area contributed by atoms with E-state index in [2.05, 4.69) is 10.3 Å². The molecule has 3 aromatic rings. The number of imidazole rings is 1. The summed E-state index contributed by atoms with van der Waals surface area (Å²) in [5.74, 6) is 1.20. The van der Waals surface area contributed by atoms with E-state index in [0.29, 0.717) is 24.6 Å². The molecule has 6 heteroatoms. The molecular formula is C19H17N3O3. The Balaban J connectivity index is 1.69. The van der Waals surface area contributed by atoms with E-state index in [4.69, 9.17) is 9.47 Å². The molecule has 1 amide bonds. The van der Waals surface area contributed by atoms with E-state index in [-0.39, 0.29) is 12.5 Å². The van der Waals surface area contributed by atoms with Gasteiger partial charge < -0.3 is 19.4 Å². The number of amides is 1. The summed E-state index contributed by atoms with van der Waals surface area (Å²) in [4.78, 5) is 16.2. The molecule has 1 N–H and O–H groups in total. The number of ether oxygens (including phenoxy) is 2. The largest absolute Gasteiger partial charge is 0.457 e. The lowest BCUT2D eigenvalue weighted by Crippen LogP contribution is -2.18. The van der Waals surface area contributed by atoms with E-state index in [9.17, 15) is 4.79 Å². The highest BCUT2D eigenvalue weighted by molar-refractivity contribution is 5.91. The molecule has 0 atom stereocenters. The minimum absolute atomic E-state index is 0.0238. The fraction of sp³-hybridized carbons (Fsp3) is 0.158. The van der Waals surface area contributed by atoms with Gasteiger partial charge in [-0.2, -0.15) is 0 Å². The molecule has 126 valence electrons. The SMILES string of the molecule is O=C1COCc2cncn2Cc2cccc(c2)Oc2cccc(c2)N1. The van der Waals surface area contributed by atoms with E-state index >= 15 is 0 Å². The first-order chi connectivity index (χ1) is 12.3. The molecule has 0 aliphatic carbocycles. The van der Waals surface area contributed by atoms with Crippen LogP contribution in [0.4, 0.5) is 5.69 Å². The van der Waals surface area contributed by atoms with Gasteiger partial charge >= 0.3 is 0 Å². The molecule has 1 aliphatic rings. The predicted molar refractivity (Wildman–Crippen MR) is 92.6 cm³/mol. The van der Waals surface area contributed by atoms with Crippen molar-refractivity contribution in [3.05, 3.63) is 72.3 Å². The lowest BCUT2D eigenvalue weighted by molar-refractivity contribution is -0.121. The van der Waals surface area contributed by atoms with Gasteiger partial charge in [0.25, 0.3) is 0 Å². The Kier molecular flexibility index (Phi) is 4.18. The Morgan fingerprint density at radius 2 is 1.88 bits per heavy atom. The molecular weight excluding hydrogens is 318 g/mol. The molecule has 1 aliphatic heterocycles. The third kappa shape index (κ3) is 3.70. The van der Waals surface area contributed by atoms with Crippen LogP contribution in [0.25, 0.3) is 0 Å². The number of benzene rings is 2. The lowest BCUT2D eigenvalue weighted by atomic mass is 10.2. The Hall–Kier alpha value is -3.12. The first kappa shape index (κ1) is 15.4. The lowest BCUT2D eigenvalue weighted by Gasteiger charge is -2.10. The fourth-order valence-corrected chi connectivity index (χ4v) is 2.73. The number of aromatic nitrogens is 2. The minimum Gasteiger partial charge on any atom is -0.457 e. The van der Waals surface area contributed by atoms with Crippen LogP contribution in [0.5, 0.6) is 11.5 Å². The summed E-state index contributed by atoms with van der Waals surface area (Å²) < 4.78 is 13.5. The fourth-order valence-electron chi connectivity index (χ4n) is 2.73. The van der Waals surface area contributed by atoms with Crippen molar-refractivity contribution in [1.82, 2.24) is 9.55 Å². The van der Waals surface area contributed by atoms with Crippen molar-refractivity contribution in [3.63, 3.8) is 0 Å². The standard InChI is InChI=1S/C19H17N3O3/c23-19-12-24-11-16-9-20-13-22(16)10-14-3-1-5-17(7-14)25-18-6-2-4-15(8-18)21-19/h1-9,13H,10-12H2,(H,21,23). The van der Waals surface area contributed by atoms with Crippen LogP contribution in [0.3, 0.4) is 0 Å². The van der Waals surface area contributed by atoms with Crippen LogP contribution >= 0.6 is 0 Å². The van der Waals surface area contributed by atoms with Crippen LogP contribution in [0.15, 0.2) is 61.1 Å². The zero-order chi connectivity index (χ0) is 17.1. The summed E-state index contributed by atoms with van der Waals surface area (Å²) in [5, 5.41) is 2.81. The topological polar surface area (TPSA) is 65.4 Å². The van der Waals surface area contributed by atoms with Crippen LogP contribution in [-0.4, -0.2) is 22.1 Å². The zero-order valence-corrected chi connectivity index (χ0v) is 13.5. The summed E-state index contributed by atoms with van der Waals surface area (Å²) >= 11 is 0. The number of rotatable bonds is 0. The summed E-state index contributed by atoms with van der Waals surface area (Å²) in [7, 11) is 0. The van der Waals surface area contributed by atoms with Gasteiger partial charge in [0.15, 0.2) is 0 Å². The van der Waals surface area contributed by atoms with E-state index in [1.807, 2.05) is 47.0 Å². The van der Waals surface area contributed by atoms with Gasteiger partial charge in [-0.1, -0.05) is 18.2 Å². The van der Waals surface area contributed by atoms with Crippen LogP contribution in [0, 0.1) is 0 Å². The third-order valence-corrected chi connectivity index (χ3v) is 3.89. The first-order valence-corrected chi connectivity index (χ1v) is 8.00. The van der Waals surface area contributed by atoms with Crippen molar-refractivity contribution in [2.24, 2.45) is 0 Å². The third-order valence-electron chi connectivity index (χ3n) is 3.89. The smallest absolute Gasteiger partial charge is 0.250 e. The molecule has 0 radical (unpaired) electrons. The Bertz CT molecular complexity index is 904. The second-order valence-electron chi connectivity index (χ2n) is 5.83. The van der Waals surface area contributed by atoms with Crippen molar-refractivity contribution >= 4 is 11.6 Å². The number of carbonyl (C=O) groups excluding carboxylic acids is 1. The number of nitrogens with zero attached hydrogens (tertiary/aromatic N) is 2.